The van der Waals surface area contributed by atoms with Gasteiger partial charge >= 0.3 is 5.97 Å². The van der Waals surface area contributed by atoms with Crippen LogP contribution in [0.2, 0.25) is 0 Å². The van der Waals surface area contributed by atoms with Crippen molar-refractivity contribution in [2.24, 2.45) is 5.41 Å². The Morgan fingerprint density at radius 1 is 1.54 bits per heavy atom. The highest BCUT2D eigenvalue weighted by atomic mass is 16.5. The van der Waals surface area contributed by atoms with Crippen molar-refractivity contribution in [2.45, 2.75) is 45.6 Å². The lowest BCUT2D eigenvalue weighted by Gasteiger charge is -2.51. The second-order valence-electron chi connectivity index (χ2n) is 4.74. The SMILES string of the molecule is CC(C)(C)C1(CCC(=O)O)CCO1. The molecule has 1 N–H and O–H groups in total. The summed E-state index contributed by atoms with van der Waals surface area (Å²) in [6, 6.07) is 0. The first-order valence-corrected chi connectivity index (χ1v) is 4.73. The maximum Gasteiger partial charge on any atom is 0.303 e. The van der Waals surface area contributed by atoms with Crippen LogP contribution in [0.15, 0.2) is 0 Å². The minimum atomic E-state index is -0.737. The third-order valence-electron chi connectivity index (χ3n) is 2.99. The Morgan fingerprint density at radius 2 is 2.08 bits per heavy atom. The molecule has 0 aromatic heterocycles. The number of aliphatic carboxylic acids is 1. The van der Waals surface area contributed by atoms with Crippen molar-refractivity contribution in [2.75, 3.05) is 6.61 Å². The summed E-state index contributed by atoms with van der Waals surface area (Å²) < 4.78 is 5.57. The lowest BCUT2D eigenvalue weighted by molar-refractivity contribution is -0.211. The van der Waals surface area contributed by atoms with E-state index in [4.69, 9.17) is 9.84 Å². The van der Waals surface area contributed by atoms with E-state index < -0.39 is 5.97 Å². The minimum Gasteiger partial charge on any atom is -0.481 e. The van der Waals surface area contributed by atoms with Crippen LogP contribution < -0.4 is 0 Å². The molecular formula is C10H18O3. The smallest absolute Gasteiger partial charge is 0.303 e. The molecule has 0 bridgehead atoms. The van der Waals surface area contributed by atoms with Gasteiger partial charge in [-0.2, -0.15) is 0 Å². The fourth-order valence-electron chi connectivity index (χ4n) is 1.82. The second kappa shape index (κ2) is 3.29. The maximum absolute atomic E-state index is 10.5. The fourth-order valence-corrected chi connectivity index (χ4v) is 1.82. The fraction of sp³-hybridized carbons (Fsp3) is 0.900. The van der Waals surface area contributed by atoms with Gasteiger partial charge in [0.15, 0.2) is 0 Å². The molecule has 1 saturated heterocycles. The summed E-state index contributed by atoms with van der Waals surface area (Å²) in [5.74, 6) is -0.737. The molecular weight excluding hydrogens is 168 g/mol. The summed E-state index contributed by atoms with van der Waals surface area (Å²) in [6.45, 7) is 7.09. The third kappa shape index (κ3) is 2.02. The van der Waals surface area contributed by atoms with Crippen LogP contribution in [0.1, 0.15) is 40.0 Å². The molecule has 1 aliphatic rings. The first-order chi connectivity index (χ1) is 5.87. The normalized spacial score (nSPS) is 28.2. The van der Waals surface area contributed by atoms with Crippen molar-refractivity contribution in [1.82, 2.24) is 0 Å². The van der Waals surface area contributed by atoms with E-state index in [1.54, 1.807) is 0 Å². The number of hydrogen-bond acceptors (Lipinski definition) is 2. The third-order valence-corrected chi connectivity index (χ3v) is 2.99. The van der Waals surface area contributed by atoms with Crippen LogP contribution in [0.25, 0.3) is 0 Å². The number of rotatable bonds is 3. The van der Waals surface area contributed by atoms with Crippen LogP contribution in [0.4, 0.5) is 0 Å². The zero-order valence-electron chi connectivity index (χ0n) is 8.59. The summed E-state index contributed by atoms with van der Waals surface area (Å²) in [4.78, 5) is 10.5. The predicted octanol–water partition coefficient (Wildman–Crippen LogP) is 2.06. The minimum absolute atomic E-state index is 0.0424. The van der Waals surface area contributed by atoms with E-state index in [9.17, 15) is 4.79 Å². The highest BCUT2D eigenvalue weighted by Crippen LogP contribution is 2.45. The maximum atomic E-state index is 10.5. The molecule has 3 nitrogen and oxygen atoms in total. The number of carbonyl (C=O) groups is 1. The van der Waals surface area contributed by atoms with E-state index in [1.165, 1.54) is 0 Å². The zero-order chi connectivity index (χ0) is 10.1. The molecule has 1 rings (SSSR count). The summed E-state index contributed by atoms with van der Waals surface area (Å²) in [5, 5.41) is 8.61. The van der Waals surface area contributed by atoms with Gasteiger partial charge in [0.1, 0.15) is 0 Å². The molecule has 1 unspecified atom stereocenters. The van der Waals surface area contributed by atoms with Crippen LogP contribution in [0.3, 0.4) is 0 Å². The second-order valence-corrected chi connectivity index (χ2v) is 4.74. The van der Waals surface area contributed by atoms with Crippen molar-refractivity contribution in [3.05, 3.63) is 0 Å². The van der Waals surface area contributed by atoms with Gasteiger partial charge in [0.05, 0.1) is 12.2 Å². The van der Waals surface area contributed by atoms with E-state index in [1.807, 2.05) is 0 Å². The molecule has 0 radical (unpaired) electrons. The number of hydrogen-bond donors (Lipinski definition) is 1. The van der Waals surface area contributed by atoms with Crippen LogP contribution in [-0.2, 0) is 9.53 Å². The van der Waals surface area contributed by atoms with E-state index in [-0.39, 0.29) is 17.4 Å². The average Bonchev–Trinajstić information content (AvgIpc) is 1.80. The molecule has 76 valence electrons. The van der Waals surface area contributed by atoms with Gasteiger partial charge in [-0.25, -0.2) is 0 Å². The first-order valence-electron chi connectivity index (χ1n) is 4.73. The van der Waals surface area contributed by atoms with Crippen molar-refractivity contribution < 1.29 is 14.6 Å². The van der Waals surface area contributed by atoms with Gasteiger partial charge in [-0.15, -0.1) is 0 Å². The monoisotopic (exact) mass is 186 g/mol. The Bertz CT molecular complexity index is 199. The van der Waals surface area contributed by atoms with Gasteiger partial charge in [0.2, 0.25) is 0 Å². The zero-order valence-corrected chi connectivity index (χ0v) is 8.59. The van der Waals surface area contributed by atoms with Gasteiger partial charge in [0, 0.05) is 12.8 Å². The Morgan fingerprint density at radius 3 is 2.31 bits per heavy atom. The summed E-state index contributed by atoms with van der Waals surface area (Å²) in [7, 11) is 0. The highest BCUT2D eigenvalue weighted by Gasteiger charge is 2.48. The Labute approximate surface area is 79.1 Å². The number of carboxylic acids is 1. The molecule has 1 atom stereocenters. The summed E-state index contributed by atoms with van der Waals surface area (Å²) in [6.07, 6.45) is 1.83. The molecule has 3 heteroatoms. The number of ether oxygens (including phenoxy) is 1. The molecule has 1 heterocycles. The predicted molar refractivity (Wildman–Crippen MR) is 49.6 cm³/mol. The van der Waals surface area contributed by atoms with Gasteiger partial charge in [0.25, 0.3) is 0 Å². The summed E-state index contributed by atoms with van der Waals surface area (Å²) >= 11 is 0. The number of carboxylic acid groups (broad SMARTS) is 1. The van der Waals surface area contributed by atoms with Crippen molar-refractivity contribution >= 4 is 5.97 Å². The standard InChI is InChI=1S/C10H18O3/c1-9(2,3)10(6-7-13-10)5-4-8(11)12/h4-7H2,1-3H3,(H,11,12). The average molecular weight is 186 g/mol. The molecule has 0 spiro atoms. The lowest BCUT2D eigenvalue weighted by atomic mass is 9.69. The molecule has 1 aliphatic heterocycles. The Balaban J connectivity index is 2.55. The van der Waals surface area contributed by atoms with Gasteiger partial charge in [-0.05, 0) is 11.8 Å². The molecule has 0 aromatic carbocycles. The van der Waals surface area contributed by atoms with Gasteiger partial charge in [-0.1, -0.05) is 20.8 Å². The highest BCUT2D eigenvalue weighted by molar-refractivity contribution is 5.66. The van der Waals surface area contributed by atoms with Crippen LogP contribution in [-0.4, -0.2) is 23.3 Å². The molecule has 0 amide bonds. The topological polar surface area (TPSA) is 46.5 Å². The van der Waals surface area contributed by atoms with E-state index >= 15 is 0 Å². The largest absolute Gasteiger partial charge is 0.481 e. The van der Waals surface area contributed by atoms with Crippen LogP contribution >= 0.6 is 0 Å². The van der Waals surface area contributed by atoms with E-state index in [0.717, 1.165) is 13.0 Å². The lowest BCUT2D eigenvalue weighted by Crippen LogP contribution is -2.53. The Kier molecular flexibility index (Phi) is 2.66. The van der Waals surface area contributed by atoms with E-state index in [2.05, 4.69) is 20.8 Å². The molecule has 0 aromatic rings. The van der Waals surface area contributed by atoms with Crippen LogP contribution in [0.5, 0.6) is 0 Å². The van der Waals surface area contributed by atoms with Gasteiger partial charge in [-0.3, -0.25) is 4.79 Å². The molecule has 1 fully saturated rings. The summed E-state index contributed by atoms with van der Waals surface area (Å²) in [5.41, 5.74) is -0.147. The first kappa shape index (κ1) is 10.5. The van der Waals surface area contributed by atoms with Crippen LogP contribution in [0, 0.1) is 5.41 Å². The van der Waals surface area contributed by atoms with E-state index in [0.29, 0.717) is 6.42 Å². The van der Waals surface area contributed by atoms with Crippen molar-refractivity contribution in [3.8, 4) is 0 Å². The van der Waals surface area contributed by atoms with Gasteiger partial charge < -0.3 is 9.84 Å². The molecule has 0 saturated carbocycles. The van der Waals surface area contributed by atoms with Crippen molar-refractivity contribution in [3.63, 3.8) is 0 Å². The quantitative estimate of drug-likeness (QED) is 0.733. The molecule has 13 heavy (non-hydrogen) atoms. The molecule has 0 aliphatic carbocycles. The Hall–Kier alpha value is -0.570. The van der Waals surface area contributed by atoms with Crippen molar-refractivity contribution in [1.29, 1.82) is 0 Å².